The Morgan fingerprint density at radius 3 is 2.60 bits per heavy atom. The Hall–Kier alpha value is -1.82. The van der Waals surface area contributed by atoms with Crippen LogP contribution in [0.25, 0.3) is 0 Å². The van der Waals surface area contributed by atoms with Crippen molar-refractivity contribution in [2.24, 2.45) is 0 Å². The molecule has 112 valence electrons. The van der Waals surface area contributed by atoms with Gasteiger partial charge in [0.25, 0.3) is 0 Å². The fourth-order valence-electron chi connectivity index (χ4n) is 2.20. The highest BCUT2D eigenvalue weighted by atomic mass is 16.5. The number of pyridine rings is 1. The number of carbonyl (C=O) groups excluding carboxylic acids is 1. The number of nitrogen functional groups attached to an aromatic ring is 1. The van der Waals surface area contributed by atoms with E-state index in [1.165, 1.54) is 7.11 Å². The molecule has 0 amide bonds. The molecule has 0 aliphatic carbocycles. The van der Waals surface area contributed by atoms with Gasteiger partial charge in [-0.2, -0.15) is 0 Å². The number of nitrogens with zero attached hydrogens (tertiary/aromatic N) is 3. The van der Waals surface area contributed by atoms with Gasteiger partial charge < -0.3 is 20.3 Å². The minimum atomic E-state index is -0.456. The second-order valence-corrected chi connectivity index (χ2v) is 5.00. The molecule has 2 N–H and O–H groups in total. The Morgan fingerprint density at radius 1 is 1.45 bits per heavy atom. The third-order valence-electron chi connectivity index (χ3n) is 3.07. The van der Waals surface area contributed by atoms with E-state index in [0.29, 0.717) is 11.5 Å². The molecular formula is C14H24N4O2. The third-order valence-corrected chi connectivity index (χ3v) is 3.07. The van der Waals surface area contributed by atoms with Crippen molar-refractivity contribution in [3.63, 3.8) is 0 Å². The van der Waals surface area contributed by atoms with Gasteiger partial charge in [-0.1, -0.05) is 0 Å². The number of methoxy groups -OCH3 is 1. The average molecular weight is 280 g/mol. The highest BCUT2D eigenvalue weighted by molar-refractivity contribution is 5.88. The van der Waals surface area contributed by atoms with Crippen molar-refractivity contribution in [2.75, 3.05) is 44.9 Å². The lowest BCUT2D eigenvalue weighted by molar-refractivity contribution is 0.0594. The number of nitrogens with two attached hydrogens (primary N) is 1. The number of anilines is 2. The minimum absolute atomic E-state index is 0.234. The molecule has 1 heterocycles. The van der Waals surface area contributed by atoms with Crippen molar-refractivity contribution in [2.45, 2.75) is 19.9 Å². The molecular weight excluding hydrogens is 256 g/mol. The summed E-state index contributed by atoms with van der Waals surface area (Å²) < 4.78 is 4.70. The molecule has 20 heavy (non-hydrogen) atoms. The van der Waals surface area contributed by atoms with E-state index in [1.807, 2.05) is 21.0 Å². The molecule has 0 saturated heterocycles. The number of likely N-dealkylation sites (N-methyl/N-ethyl adjacent to an activating group) is 2. The Labute approximate surface area is 120 Å². The van der Waals surface area contributed by atoms with Gasteiger partial charge in [-0.25, -0.2) is 9.78 Å². The second kappa shape index (κ2) is 7.09. The van der Waals surface area contributed by atoms with E-state index in [9.17, 15) is 4.79 Å². The van der Waals surface area contributed by atoms with Crippen molar-refractivity contribution in [1.82, 2.24) is 9.88 Å². The number of ether oxygens (including phenoxy) is 1. The van der Waals surface area contributed by atoms with Crippen LogP contribution in [0.5, 0.6) is 0 Å². The lowest BCUT2D eigenvalue weighted by Crippen LogP contribution is -2.41. The fraction of sp³-hybridized carbons (Fsp3) is 0.571. The molecule has 0 fully saturated rings. The van der Waals surface area contributed by atoms with Gasteiger partial charge in [0.2, 0.25) is 0 Å². The van der Waals surface area contributed by atoms with E-state index in [-0.39, 0.29) is 11.7 Å². The number of rotatable bonds is 6. The Balaban J connectivity index is 3.10. The first kappa shape index (κ1) is 16.2. The van der Waals surface area contributed by atoms with Crippen LogP contribution in [0.3, 0.4) is 0 Å². The first-order valence-corrected chi connectivity index (χ1v) is 6.66. The minimum Gasteiger partial charge on any atom is -0.464 e. The maximum atomic E-state index is 11.6. The molecule has 1 rings (SSSR count). The number of hydrogen-bond acceptors (Lipinski definition) is 6. The summed E-state index contributed by atoms with van der Waals surface area (Å²) in [5.41, 5.74) is 6.84. The zero-order valence-electron chi connectivity index (χ0n) is 12.9. The Kier molecular flexibility index (Phi) is 5.76. The number of esters is 1. The molecule has 6 heteroatoms. The zero-order valence-corrected chi connectivity index (χ0v) is 12.9. The van der Waals surface area contributed by atoms with Crippen molar-refractivity contribution in [3.05, 3.63) is 17.8 Å². The monoisotopic (exact) mass is 280 g/mol. The van der Waals surface area contributed by atoms with Crippen molar-refractivity contribution >= 4 is 17.5 Å². The molecule has 0 radical (unpaired) electrons. The first-order chi connectivity index (χ1) is 9.40. The summed E-state index contributed by atoms with van der Waals surface area (Å²) in [5.74, 6) is 0.173. The molecule has 6 nitrogen and oxygen atoms in total. The maximum absolute atomic E-state index is 11.6. The normalized spacial score (nSPS) is 12.3. The van der Waals surface area contributed by atoms with Gasteiger partial charge in [-0.15, -0.1) is 0 Å². The smallest absolute Gasteiger partial charge is 0.356 e. The molecule has 0 aromatic carbocycles. The summed E-state index contributed by atoms with van der Waals surface area (Å²) in [6, 6.07) is 3.51. The van der Waals surface area contributed by atoms with Crippen LogP contribution in [0.4, 0.5) is 11.5 Å². The van der Waals surface area contributed by atoms with Gasteiger partial charge in [0.05, 0.1) is 12.8 Å². The van der Waals surface area contributed by atoms with Crippen LogP contribution in [0.1, 0.15) is 24.3 Å². The fourth-order valence-corrected chi connectivity index (χ4v) is 2.20. The highest BCUT2D eigenvalue weighted by Gasteiger charge is 2.19. The van der Waals surface area contributed by atoms with Crippen LogP contribution in [-0.2, 0) is 4.74 Å². The third kappa shape index (κ3) is 3.84. The molecule has 0 spiro atoms. The van der Waals surface area contributed by atoms with E-state index in [0.717, 1.165) is 13.1 Å². The zero-order chi connectivity index (χ0) is 15.3. The van der Waals surface area contributed by atoms with Crippen molar-refractivity contribution < 1.29 is 9.53 Å². The topological polar surface area (TPSA) is 71.7 Å². The van der Waals surface area contributed by atoms with E-state index >= 15 is 0 Å². The van der Waals surface area contributed by atoms with E-state index < -0.39 is 5.97 Å². The van der Waals surface area contributed by atoms with E-state index in [2.05, 4.69) is 21.7 Å². The number of hydrogen-bond donors (Lipinski definition) is 1. The molecule has 0 aliphatic heterocycles. The van der Waals surface area contributed by atoms with Gasteiger partial charge in [0.1, 0.15) is 0 Å². The van der Waals surface area contributed by atoms with Gasteiger partial charge >= 0.3 is 5.97 Å². The van der Waals surface area contributed by atoms with Gasteiger partial charge in [0, 0.05) is 19.1 Å². The largest absolute Gasteiger partial charge is 0.464 e. The van der Waals surface area contributed by atoms with Crippen molar-refractivity contribution in [1.29, 1.82) is 0 Å². The molecule has 1 atom stereocenters. The van der Waals surface area contributed by atoms with E-state index in [1.54, 1.807) is 12.1 Å². The quantitative estimate of drug-likeness (QED) is 0.790. The summed E-state index contributed by atoms with van der Waals surface area (Å²) in [6.45, 7) is 5.78. The number of carbonyl (C=O) groups is 1. The molecule has 0 aliphatic rings. The number of aromatic nitrogens is 1. The lowest BCUT2D eigenvalue weighted by atomic mass is 10.2. The van der Waals surface area contributed by atoms with E-state index in [4.69, 9.17) is 10.5 Å². The predicted molar refractivity (Wildman–Crippen MR) is 81.0 cm³/mol. The first-order valence-electron chi connectivity index (χ1n) is 6.66. The van der Waals surface area contributed by atoms with Crippen LogP contribution < -0.4 is 10.6 Å². The molecule has 1 aromatic rings. The predicted octanol–water partition coefficient (Wildman–Crippen LogP) is 1.23. The van der Waals surface area contributed by atoms with Crippen LogP contribution >= 0.6 is 0 Å². The van der Waals surface area contributed by atoms with Crippen molar-refractivity contribution in [3.8, 4) is 0 Å². The van der Waals surface area contributed by atoms with Gasteiger partial charge in [-0.05, 0) is 40.1 Å². The van der Waals surface area contributed by atoms with Gasteiger partial charge in [0.15, 0.2) is 11.5 Å². The van der Waals surface area contributed by atoms with Crippen LogP contribution in [0.15, 0.2) is 12.1 Å². The average Bonchev–Trinajstić information content (AvgIpc) is 2.40. The summed E-state index contributed by atoms with van der Waals surface area (Å²) in [4.78, 5) is 20.1. The molecule has 0 bridgehead atoms. The second-order valence-electron chi connectivity index (χ2n) is 5.00. The van der Waals surface area contributed by atoms with Crippen LogP contribution in [-0.4, -0.2) is 56.2 Å². The standard InChI is InChI=1S/C14H24N4O2/c1-6-18(10(2)9-17(3)4)13-11(15)7-8-12(16-13)14(19)20-5/h7-8,10H,6,9,15H2,1-5H3. The molecule has 1 unspecified atom stereocenters. The lowest BCUT2D eigenvalue weighted by Gasteiger charge is -2.32. The summed E-state index contributed by atoms with van der Waals surface area (Å²) in [6.07, 6.45) is 0. The summed E-state index contributed by atoms with van der Waals surface area (Å²) in [7, 11) is 5.38. The Bertz CT molecular complexity index is 462. The molecule has 1 aromatic heterocycles. The highest BCUT2D eigenvalue weighted by Crippen LogP contribution is 2.23. The van der Waals surface area contributed by atoms with Gasteiger partial charge in [-0.3, -0.25) is 0 Å². The maximum Gasteiger partial charge on any atom is 0.356 e. The molecule has 0 saturated carbocycles. The van der Waals surface area contributed by atoms with Crippen LogP contribution in [0.2, 0.25) is 0 Å². The SMILES string of the molecule is CCN(c1nc(C(=O)OC)ccc1N)C(C)CN(C)C. The Morgan fingerprint density at radius 2 is 2.10 bits per heavy atom. The summed E-state index contributed by atoms with van der Waals surface area (Å²) in [5, 5.41) is 0. The van der Waals surface area contributed by atoms with Crippen LogP contribution in [0, 0.1) is 0 Å². The summed E-state index contributed by atoms with van der Waals surface area (Å²) >= 11 is 0.